The van der Waals surface area contributed by atoms with Gasteiger partial charge in [-0.2, -0.15) is 0 Å². The lowest BCUT2D eigenvalue weighted by atomic mass is 10.2. The van der Waals surface area contributed by atoms with Gasteiger partial charge < -0.3 is 10.3 Å². The SMILES string of the molecule is CCCCn1c(CCC)nc2c(N)nc3cccnc3c21. The molecule has 0 saturated carbocycles. The molecule has 2 N–H and O–H groups in total. The van der Waals surface area contributed by atoms with Gasteiger partial charge in [0.1, 0.15) is 22.4 Å². The Kier molecular flexibility index (Phi) is 3.73. The number of rotatable bonds is 5. The monoisotopic (exact) mass is 283 g/mol. The minimum atomic E-state index is 0.498. The highest BCUT2D eigenvalue weighted by Crippen LogP contribution is 2.28. The second-order valence-corrected chi connectivity index (χ2v) is 5.35. The minimum absolute atomic E-state index is 0.498. The number of nitrogens with zero attached hydrogens (tertiary/aromatic N) is 4. The number of imidazole rings is 1. The molecule has 0 aliphatic carbocycles. The summed E-state index contributed by atoms with van der Waals surface area (Å²) in [5.74, 6) is 1.59. The number of pyridine rings is 2. The molecule has 0 atom stereocenters. The van der Waals surface area contributed by atoms with Crippen molar-refractivity contribution in [3.8, 4) is 0 Å². The van der Waals surface area contributed by atoms with Crippen LogP contribution in [0.2, 0.25) is 0 Å². The van der Waals surface area contributed by atoms with Gasteiger partial charge in [-0.3, -0.25) is 4.98 Å². The van der Waals surface area contributed by atoms with Crippen LogP contribution in [-0.4, -0.2) is 19.5 Å². The summed E-state index contributed by atoms with van der Waals surface area (Å²) in [5.41, 5.74) is 9.68. The highest BCUT2D eigenvalue weighted by atomic mass is 15.1. The quantitative estimate of drug-likeness (QED) is 0.780. The van der Waals surface area contributed by atoms with E-state index in [1.54, 1.807) is 6.20 Å². The molecule has 3 aromatic rings. The van der Waals surface area contributed by atoms with E-state index >= 15 is 0 Å². The van der Waals surface area contributed by atoms with Crippen LogP contribution < -0.4 is 5.73 Å². The van der Waals surface area contributed by atoms with E-state index in [1.165, 1.54) is 0 Å². The first kappa shape index (κ1) is 13.8. The van der Waals surface area contributed by atoms with Crippen LogP contribution in [0.25, 0.3) is 22.1 Å². The van der Waals surface area contributed by atoms with Crippen LogP contribution in [0.5, 0.6) is 0 Å². The van der Waals surface area contributed by atoms with Crippen molar-refractivity contribution in [2.45, 2.75) is 46.1 Å². The molecule has 3 rings (SSSR count). The maximum Gasteiger partial charge on any atom is 0.152 e. The van der Waals surface area contributed by atoms with Gasteiger partial charge in [-0.15, -0.1) is 0 Å². The fraction of sp³-hybridized carbons (Fsp3) is 0.438. The highest BCUT2D eigenvalue weighted by Gasteiger charge is 2.17. The van der Waals surface area contributed by atoms with Crippen LogP contribution >= 0.6 is 0 Å². The Labute approximate surface area is 124 Å². The number of hydrogen-bond donors (Lipinski definition) is 1. The topological polar surface area (TPSA) is 69.6 Å². The fourth-order valence-corrected chi connectivity index (χ4v) is 2.74. The molecule has 3 aromatic heterocycles. The summed E-state index contributed by atoms with van der Waals surface area (Å²) in [6.07, 6.45) is 6.09. The lowest BCUT2D eigenvalue weighted by molar-refractivity contribution is 0.612. The lowest BCUT2D eigenvalue weighted by Crippen LogP contribution is -2.04. The molecule has 0 aromatic carbocycles. The minimum Gasteiger partial charge on any atom is -0.382 e. The average Bonchev–Trinajstić information content (AvgIpc) is 2.85. The number of unbranched alkanes of at least 4 members (excludes halogenated alkanes) is 1. The summed E-state index contributed by atoms with van der Waals surface area (Å²) in [5, 5.41) is 0. The molecule has 3 heterocycles. The second-order valence-electron chi connectivity index (χ2n) is 5.35. The Morgan fingerprint density at radius 1 is 1.14 bits per heavy atom. The molecule has 0 amide bonds. The third kappa shape index (κ3) is 2.33. The Bertz CT molecular complexity index is 775. The molecule has 110 valence electrons. The molecule has 0 radical (unpaired) electrons. The maximum absolute atomic E-state index is 6.11. The van der Waals surface area contributed by atoms with E-state index in [0.29, 0.717) is 5.82 Å². The van der Waals surface area contributed by atoms with E-state index in [1.807, 2.05) is 12.1 Å². The first-order chi connectivity index (χ1) is 10.3. The molecule has 0 fully saturated rings. The van der Waals surface area contributed by atoms with Crippen LogP contribution in [0.4, 0.5) is 5.82 Å². The van der Waals surface area contributed by atoms with E-state index < -0.39 is 0 Å². The molecule has 0 spiro atoms. The molecule has 0 unspecified atom stereocenters. The van der Waals surface area contributed by atoms with Gasteiger partial charge in [0.25, 0.3) is 0 Å². The van der Waals surface area contributed by atoms with Crippen LogP contribution in [0.1, 0.15) is 38.9 Å². The first-order valence-electron chi connectivity index (χ1n) is 7.65. The van der Waals surface area contributed by atoms with Gasteiger partial charge in [-0.1, -0.05) is 20.3 Å². The van der Waals surface area contributed by atoms with Crippen LogP contribution in [0, 0.1) is 0 Å². The van der Waals surface area contributed by atoms with Crippen molar-refractivity contribution in [3.05, 3.63) is 24.2 Å². The Hall–Kier alpha value is -2.17. The zero-order valence-electron chi connectivity index (χ0n) is 12.6. The third-order valence-electron chi connectivity index (χ3n) is 3.75. The molecule has 5 nitrogen and oxygen atoms in total. The van der Waals surface area contributed by atoms with Gasteiger partial charge in [0.05, 0.1) is 5.52 Å². The van der Waals surface area contributed by atoms with Crippen molar-refractivity contribution >= 4 is 27.9 Å². The molecule has 0 aliphatic heterocycles. The molecular formula is C16H21N5. The van der Waals surface area contributed by atoms with Crippen LogP contribution in [-0.2, 0) is 13.0 Å². The maximum atomic E-state index is 6.11. The molecule has 5 heteroatoms. The molecular weight excluding hydrogens is 262 g/mol. The van der Waals surface area contributed by atoms with E-state index in [9.17, 15) is 0 Å². The standard InChI is InChI=1S/C16H21N5/c1-3-5-10-21-12(7-4-2)20-14-15(21)13-11(19-16(14)17)8-6-9-18-13/h6,8-9H,3-5,7,10H2,1-2H3,(H2,17,19). The second kappa shape index (κ2) is 5.68. The lowest BCUT2D eigenvalue weighted by Gasteiger charge is -2.09. The number of hydrogen-bond acceptors (Lipinski definition) is 4. The Morgan fingerprint density at radius 3 is 2.76 bits per heavy atom. The molecule has 0 aliphatic rings. The van der Waals surface area contributed by atoms with Crippen molar-refractivity contribution in [1.82, 2.24) is 19.5 Å². The summed E-state index contributed by atoms with van der Waals surface area (Å²) < 4.78 is 2.29. The van der Waals surface area contributed by atoms with E-state index in [-0.39, 0.29) is 0 Å². The number of anilines is 1. The van der Waals surface area contributed by atoms with Crippen LogP contribution in [0.15, 0.2) is 18.3 Å². The summed E-state index contributed by atoms with van der Waals surface area (Å²) in [7, 11) is 0. The third-order valence-corrected chi connectivity index (χ3v) is 3.75. The number of aryl methyl sites for hydroxylation is 2. The summed E-state index contributed by atoms with van der Waals surface area (Å²) >= 11 is 0. The van der Waals surface area contributed by atoms with Gasteiger partial charge in [0.15, 0.2) is 5.82 Å². The van der Waals surface area contributed by atoms with Gasteiger partial charge >= 0.3 is 0 Å². The summed E-state index contributed by atoms with van der Waals surface area (Å²) in [4.78, 5) is 13.7. The van der Waals surface area contributed by atoms with Crippen molar-refractivity contribution in [2.75, 3.05) is 5.73 Å². The smallest absolute Gasteiger partial charge is 0.152 e. The van der Waals surface area contributed by atoms with Crippen molar-refractivity contribution < 1.29 is 0 Å². The van der Waals surface area contributed by atoms with Crippen molar-refractivity contribution in [2.24, 2.45) is 0 Å². The zero-order chi connectivity index (χ0) is 14.8. The number of aromatic nitrogens is 4. The average molecular weight is 283 g/mol. The highest BCUT2D eigenvalue weighted by molar-refractivity contribution is 6.04. The number of nitrogen functional groups attached to an aromatic ring is 1. The summed E-state index contributed by atoms with van der Waals surface area (Å²) in [6, 6.07) is 3.84. The van der Waals surface area contributed by atoms with E-state index in [4.69, 9.17) is 10.7 Å². The van der Waals surface area contributed by atoms with Gasteiger partial charge in [0.2, 0.25) is 0 Å². The summed E-state index contributed by atoms with van der Waals surface area (Å²) in [6.45, 7) is 5.32. The Balaban J connectivity index is 2.34. The number of fused-ring (bicyclic) bond motifs is 3. The fourth-order valence-electron chi connectivity index (χ4n) is 2.74. The normalized spacial score (nSPS) is 11.5. The first-order valence-corrected chi connectivity index (χ1v) is 7.65. The van der Waals surface area contributed by atoms with Crippen molar-refractivity contribution in [3.63, 3.8) is 0 Å². The Morgan fingerprint density at radius 2 is 2.00 bits per heavy atom. The van der Waals surface area contributed by atoms with Gasteiger partial charge in [0, 0.05) is 19.2 Å². The predicted molar refractivity (Wildman–Crippen MR) is 86.1 cm³/mol. The number of nitrogens with two attached hydrogens (primary N) is 1. The van der Waals surface area contributed by atoms with E-state index in [2.05, 4.69) is 28.4 Å². The van der Waals surface area contributed by atoms with Crippen LogP contribution in [0.3, 0.4) is 0 Å². The predicted octanol–water partition coefficient (Wildman–Crippen LogP) is 3.31. The molecule has 21 heavy (non-hydrogen) atoms. The van der Waals surface area contributed by atoms with Gasteiger partial charge in [-0.05, 0) is 25.0 Å². The zero-order valence-corrected chi connectivity index (χ0v) is 12.6. The molecule has 0 bridgehead atoms. The van der Waals surface area contributed by atoms with Gasteiger partial charge in [-0.25, -0.2) is 9.97 Å². The van der Waals surface area contributed by atoms with Crippen molar-refractivity contribution in [1.29, 1.82) is 0 Å². The largest absolute Gasteiger partial charge is 0.382 e. The van der Waals surface area contributed by atoms with E-state index in [0.717, 1.165) is 60.1 Å². The molecule has 0 saturated heterocycles.